The standard InChI is InChI=1S/C20H20N2O3S/c1-13-4-7-15(8-5-13)20-22-16(12-26-20)19(23)21-11-14-6-9-17(24-2)18(10-14)25-3/h4-10,12H,11H2,1-3H3,(H,21,23). The lowest BCUT2D eigenvalue weighted by molar-refractivity contribution is 0.0946. The predicted octanol–water partition coefficient (Wildman–Crippen LogP) is 4.07. The number of amides is 1. The molecule has 0 unspecified atom stereocenters. The number of carbonyl (C=O) groups excluding carboxylic acids is 1. The van der Waals surface area contributed by atoms with E-state index in [2.05, 4.69) is 10.3 Å². The highest BCUT2D eigenvalue weighted by Gasteiger charge is 2.12. The Morgan fingerprint density at radius 3 is 2.50 bits per heavy atom. The first-order valence-corrected chi connectivity index (χ1v) is 9.00. The van der Waals surface area contributed by atoms with Gasteiger partial charge in [-0.1, -0.05) is 35.9 Å². The number of aromatic nitrogens is 1. The topological polar surface area (TPSA) is 60.5 Å². The molecule has 3 aromatic rings. The fourth-order valence-electron chi connectivity index (χ4n) is 2.47. The van der Waals surface area contributed by atoms with E-state index in [1.54, 1.807) is 19.6 Å². The molecule has 6 heteroatoms. The molecule has 3 rings (SSSR count). The van der Waals surface area contributed by atoms with Crippen LogP contribution in [-0.2, 0) is 6.54 Å². The Bertz CT molecular complexity index is 904. The molecule has 0 fully saturated rings. The van der Waals surface area contributed by atoms with Gasteiger partial charge in [-0.05, 0) is 24.6 Å². The zero-order chi connectivity index (χ0) is 18.5. The van der Waals surface area contributed by atoms with Crippen molar-refractivity contribution in [3.8, 4) is 22.1 Å². The summed E-state index contributed by atoms with van der Waals surface area (Å²) >= 11 is 1.46. The molecular weight excluding hydrogens is 348 g/mol. The number of benzene rings is 2. The van der Waals surface area contributed by atoms with Crippen molar-refractivity contribution in [3.63, 3.8) is 0 Å². The van der Waals surface area contributed by atoms with Crippen molar-refractivity contribution in [1.29, 1.82) is 0 Å². The number of nitrogens with zero attached hydrogens (tertiary/aromatic N) is 1. The van der Waals surface area contributed by atoms with Gasteiger partial charge in [0.15, 0.2) is 11.5 Å². The van der Waals surface area contributed by atoms with E-state index < -0.39 is 0 Å². The van der Waals surface area contributed by atoms with Crippen LogP contribution in [0.2, 0.25) is 0 Å². The molecule has 0 atom stereocenters. The highest BCUT2D eigenvalue weighted by Crippen LogP contribution is 2.27. The van der Waals surface area contributed by atoms with Crippen LogP contribution in [0.4, 0.5) is 0 Å². The molecule has 0 saturated carbocycles. The van der Waals surface area contributed by atoms with Gasteiger partial charge in [-0.3, -0.25) is 4.79 Å². The highest BCUT2D eigenvalue weighted by molar-refractivity contribution is 7.13. The van der Waals surface area contributed by atoms with Crippen LogP contribution < -0.4 is 14.8 Å². The molecule has 5 nitrogen and oxygen atoms in total. The normalized spacial score (nSPS) is 10.4. The van der Waals surface area contributed by atoms with E-state index in [1.165, 1.54) is 16.9 Å². The van der Waals surface area contributed by atoms with E-state index in [0.29, 0.717) is 23.7 Å². The third kappa shape index (κ3) is 4.03. The predicted molar refractivity (Wildman–Crippen MR) is 103 cm³/mol. The summed E-state index contributed by atoms with van der Waals surface area (Å²) in [7, 11) is 3.18. The maximum absolute atomic E-state index is 12.4. The number of rotatable bonds is 6. The quantitative estimate of drug-likeness (QED) is 0.713. The second-order valence-electron chi connectivity index (χ2n) is 5.78. The van der Waals surface area contributed by atoms with E-state index in [9.17, 15) is 4.79 Å². The Hall–Kier alpha value is -2.86. The van der Waals surface area contributed by atoms with Crippen LogP contribution in [0.5, 0.6) is 11.5 Å². The average molecular weight is 368 g/mol. The lowest BCUT2D eigenvalue weighted by atomic mass is 10.2. The van der Waals surface area contributed by atoms with E-state index in [4.69, 9.17) is 9.47 Å². The van der Waals surface area contributed by atoms with Gasteiger partial charge in [-0.2, -0.15) is 0 Å². The van der Waals surface area contributed by atoms with Crippen LogP contribution in [0.25, 0.3) is 10.6 Å². The third-order valence-electron chi connectivity index (χ3n) is 3.94. The van der Waals surface area contributed by atoms with E-state index >= 15 is 0 Å². The molecule has 0 spiro atoms. The highest BCUT2D eigenvalue weighted by atomic mass is 32.1. The fourth-order valence-corrected chi connectivity index (χ4v) is 3.28. The van der Waals surface area contributed by atoms with Gasteiger partial charge in [-0.15, -0.1) is 11.3 Å². The van der Waals surface area contributed by atoms with Gasteiger partial charge in [-0.25, -0.2) is 4.98 Å². The van der Waals surface area contributed by atoms with Crippen LogP contribution in [0.15, 0.2) is 47.8 Å². The summed E-state index contributed by atoms with van der Waals surface area (Å²) < 4.78 is 10.5. The average Bonchev–Trinajstić information content (AvgIpc) is 3.16. The second kappa shape index (κ2) is 8.01. The Morgan fingerprint density at radius 1 is 1.08 bits per heavy atom. The van der Waals surface area contributed by atoms with Crippen LogP contribution in [0.3, 0.4) is 0 Å². The van der Waals surface area contributed by atoms with Gasteiger partial charge in [0.2, 0.25) is 0 Å². The molecular formula is C20H20N2O3S. The van der Waals surface area contributed by atoms with Gasteiger partial charge >= 0.3 is 0 Å². The lowest BCUT2D eigenvalue weighted by Gasteiger charge is -2.10. The van der Waals surface area contributed by atoms with Crippen molar-refractivity contribution in [1.82, 2.24) is 10.3 Å². The summed E-state index contributed by atoms with van der Waals surface area (Å²) in [6.45, 7) is 2.43. The van der Waals surface area contributed by atoms with Gasteiger partial charge in [0.1, 0.15) is 10.7 Å². The molecule has 0 aliphatic rings. The zero-order valence-electron chi connectivity index (χ0n) is 14.9. The first kappa shape index (κ1) is 17.9. The third-order valence-corrected chi connectivity index (χ3v) is 4.83. The molecule has 0 radical (unpaired) electrons. The largest absolute Gasteiger partial charge is 0.493 e. The Kier molecular flexibility index (Phi) is 5.53. The second-order valence-corrected chi connectivity index (χ2v) is 6.63. The minimum Gasteiger partial charge on any atom is -0.493 e. The summed E-state index contributed by atoms with van der Waals surface area (Å²) in [5.74, 6) is 1.09. The molecule has 1 amide bonds. The Balaban J connectivity index is 1.66. The summed E-state index contributed by atoms with van der Waals surface area (Å²) in [6, 6.07) is 13.6. The molecule has 0 aliphatic heterocycles. The maximum atomic E-state index is 12.4. The van der Waals surface area contributed by atoms with Gasteiger partial charge < -0.3 is 14.8 Å². The van der Waals surface area contributed by atoms with Crippen LogP contribution in [0.1, 0.15) is 21.6 Å². The molecule has 1 heterocycles. The summed E-state index contributed by atoms with van der Waals surface area (Å²) in [5.41, 5.74) is 3.55. The van der Waals surface area contributed by atoms with E-state index in [0.717, 1.165) is 16.1 Å². The van der Waals surface area contributed by atoms with Crippen molar-refractivity contribution in [2.45, 2.75) is 13.5 Å². The number of hydrogen-bond acceptors (Lipinski definition) is 5. The molecule has 26 heavy (non-hydrogen) atoms. The van der Waals surface area contributed by atoms with Crippen LogP contribution in [-0.4, -0.2) is 25.1 Å². The van der Waals surface area contributed by atoms with Gasteiger partial charge in [0.05, 0.1) is 14.2 Å². The molecule has 0 bridgehead atoms. The van der Waals surface area contributed by atoms with Crippen molar-refractivity contribution < 1.29 is 14.3 Å². The first-order chi connectivity index (χ1) is 12.6. The Morgan fingerprint density at radius 2 is 1.81 bits per heavy atom. The summed E-state index contributed by atoms with van der Waals surface area (Å²) in [4.78, 5) is 16.8. The number of carbonyl (C=O) groups is 1. The SMILES string of the molecule is COc1ccc(CNC(=O)c2csc(-c3ccc(C)cc3)n2)cc1OC. The number of nitrogens with one attached hydrogen (secondary N) is 1. The number of methoxy groups -OCH3 is 2. The van der Waals surface area contributed by atoms with Crippen molar-refractivity contribution in [2.75, 3.05) is 14.2 Å². The van der Waals surface area contributed by atoms with Crippen molar-refractivity contribution >= 4 is 17.2 Å². The van der Waals surface area contributed by atoms with Crippen molar-refractivity contribution in [3.05, 3.63) is 64.7 Å². The fraction of sp³-hybridized carbons (Fsp3) is 0.200. The molecule has 2 aromatic carbocycles. The number of aryl methyl sites for hydroxylation is 1. The molecule has 0 aliphatic carbocycles. The van der Waals surface area contributed by atoms with Gasteiger partial charge in [0, 0.05) is 17.5 Å². The molecule has 0 saturated heterocycles. The minimum absolute atomic E-state index is 0.200. The smallest absolute Gasteiger partial charge is 0.271 e. The monoisotopic (exact) mass is 368 g/mol. The Labute approximate surface area is 156 Å². The molecule has 1 aromatic heterocycles. The number of thiazole rings is 1. The maximum Gasteiger partial charge on any atom is 0.271 e. The molecule has 134 valence electrons. The van der Waals surface area contributed by atoms with Crippen LogP contribution in [0, 0.1) is 6.92 Å². The summed E-state index contributed by atoms with van der Waals surface area (Å²) in [5, 5.41) is 5.50. The molecule has 1 N–H and O–H groups in total. The summed E-state index contributed by atoms with van der Waals surface area (Å²) in [6.07, 6.45) is 0. The van der Waals surface area contributed by atoms with E-state index in [1.807, 2.05) is 49.4 Å². The number of ether oxygens (including phenoxy) is 2. The first-order valence-electron chi connectivity index (χ1n) is 8.12. The lowest BCUT2D eigenvalue weighted by Crippen LogP contribution is -2.23. The van der Waals surface area contributed by atoms with E-state index in [-0.39, 0.29) is 5.91 Å². The van der Waals surface area contributed by atoms with Gasteiger partial charge in [0.25, 0.3) is 5.91 Å². The zero-order valence-corrected chi connectivity index (χ0v) is 15.7. The minimum atomic E-state index is -0.200. The van der Waals surface area contributed by atoms with Crippen molar-refractivity contribution in [2.24, 2.45) is 0 Å². The van der Waals surface area contributed by atoms with Crippen LogP contribution >= 0.6 is 11.3 Å². The number of hydrogen-bond donors (Lipinski definition) is 1.